The van der Waals surface area contributed by atoms with Crippen LogP contribution in [0.5, 0.6) is 0 Å². The van der Waals surface area contributed by atoms with Crippen LogP contribution < -0.4 is 21.3 Å². The van der Waals surface area contributed by atoms with Crippen molar-refractivity contribution < 1.29 is 9.59 Å². The Morgan fingerprint density at radius 3 is 2.93 bits per heavy atom. The molecule has 8 nitrogen and oxygen atoms in total. The van der Waals surface area contributed by atoms with Crippen LogP contribution in [0.1, 0.15) is 28.8 Å². The van der Waals surface area contributed by atoms with Gasteiger partial charge >= 0.3 is 0 Å². The molecule has 0 atom stereocenters. The first kappa shape index (κ1) is 20.1. The molecule has 0 unspecified atom stereocenters. The topological polar surface area (TPSA) is 108 Å². The van der Waals surface area contributed by atoms with Crippen molar-refractivity contribution in [1.82, 2.24) is 15.3 Å². The van der Waals surface area contributed by atoms with Crippen LogP contribution in [0.2, 0.25) is 5.02 Å². The second kappa shape index (κ2) is 8.68. The monoisotopic (exact) mass is 442 g/mol. The number of nitrogens with one attached hydrogen (secondary N) is 4. The van der Waals surface area contributed by atoms with E-state index in [1.54, 1.807) is 13.1 Å². The van der Waals surface area contributed by atoms with Crippen LogP contribution >= 0.6 is 22.9 Å². The van der Waals surface area contributed by atoms with Crippen LogP contribution in [0.15, 0.2) is 35.8 Å². The Hall–Kier alpha value is -3.17. The van der Waals surface area contributed by atoms with Crippen LogP contribution in [0.25, 0.3) is 0 Å². The van der Waals surface area contributed by atoms with E-state index in [1.165, 1.54) is 17.5 Å². The van der Waals surface area contributed by atoms with E-state index in [0.29, 0.717) is 33.8 Å². The van der Waals surface area contributed by atoms with Crippen molar-refractivity contribution >= 4 is 62.9 Å². The van der Waals surface area contributed by atoms with Gasteiger partial charge in [-0.15, -0.1) is 11.3 Å². The molecule has 4 N–H and O–H groups in total. The number of nitrogens with zero attached hydrogens (tertiary/aromatic N) is 2. The molecule has 4 rings (SSSR count). The van der Waals surface area contributed by atoms with Gasteiger partial charge in [-0.3, -0.25) is 9.59 Å². The number of aromatic nitrogens is 2. The predicted molar refractivity (Wildman–Crippen MR) is 119 cm³/mol. The highest BCUT2D eigenvalue weighted by Crippen LogP contribution is 2.31. The first-order valence-corrected chi connectivity index (χ1v) is 10.6. The molecule has 2 aromatic heterocycles. The van der Waals surface area contributed by atoms with E-state index >= 15 is 0 Å². The smallest absolute Gasteiger partial charge is 0.254 e. The van der Waals surface area contributed by atoms with Gasteiger partial charge in [-0.05, 0) is 42.0 Å². The molecule has 3 heterocycles. The van der Waals surface area contributed by atoms with Crippen LogP contribution in [-0.2, 0) is 11.2 Å². The minimum Gasteiger partial charge on any atom is -0.355 e. The van der Waals surface area contributed by atoms with Crippen LogP contribution in [-0.4, -0.2) is 28.8 Å². The van der Waals surface area contributed by atoms with E-state index in [9.17, 15) is 9.59 Å². The zero-order valence-electron chi connectivity index (χ0n) is 16.1. The number of benzene rings is 1. The van der Waals surface area contributed by atoms with Crippen molar-refractivity contribution in [1.29, 1.82) is 0 Å². The molecule has 1 aromatic carbocycles. The van der Waals surface area contributed by atoms with Crippen LogP contribution in [0, 0.1) is 0 Å². The Labute approximate surface area is 182 Å². The van der Waals surface area contributed by atoms with Gasteiger partial charge in [0.15, 0.2) is 5.82 Å². The lowest BCUT2D eigenvalue weighted by Gasteiger charge is -2.12. The molecule has 10 heteroatoms. The van der Waals surface area contributed by atoms with Gasteiger partial charge in [0.05, 0.1) is 11.8 Å². The van der Waals surface area contributed by atoms with Crippen molar-refractivity contribution in [2.45, 2.75) is 19.3 Å². The molecule has 0 bridgehead atoms. The normalized spacial score (nSPS) is 13.1. The summed E-state index contributed by atoms with van der Waals surface area (Å²) < 4.78 is 0. The van der Waals surface area contributed by atoms with Gasteiger partial charge in [-0.1, -0.05) is 17.7 Å². The quantitative estimate of drug-likeness (QED) is 0.469. The van der Waals surface area contributed by atoms with E-state index in [0.717, 1.165) is 29.8 Å². The summed E-state index contributed by atoms with van der Waals surface area (Å²) >= 11 is 7.62. The molecule has 0 radical (unpaired) electrons. The van der Waals surface area contributed by atoms with Gasteiger partial charge in [0, 0.05) is 24.8 Å². The number of anilines is 5. The third kappa shape index (κ3) is 4.37. The fraction of sp³-hybridized carbons (Fsp3) is 0.200. The summed E-state index contributed by atoms with van der Waals surface area (Å²) in [5.74, 6) is 0.530. The maximum Gasteiger partial charge on any atom is 0.254 e. The Balaban J connectivity index is 1.56. The van der Waals surface area contributed by atoms with Gasteiger partial charge in [-0.25, -0.2) is 4.98 Å². The fourth-order valence-corrected chi connectivity index (χ4v) is 4.03. The second-order valence-electron chi connectivity index (χ2n) is 6.66. The summed E-state index contributed by atoms with van der Waals surface area (Å²) in [6, 6.07) is 7.50. The van der Waals surface area contributed by atoms with Crippen molar-refractivity contribution in [2.24, 2.45) is 0 Å². The van der Waals surface area contributed by atoms with Gasteiger partial charge < -0.3 is 21.3 Å². The van der Waals surface area contributed by atoms with E-state index in [-0.39, 0.29) is 11.8 Å². The Morgan fingerprint density at radius 2 is 2.10 bits per heavy atom. The maximum absolute atomic E-state index is 12.0. The lowest BCUT2D eigenvalue weighted by atomic mass is 10.1. The number of carbonyl (C=O) groups excluding carboxylic acids is 2. The lowest BCUT2D eigenvalue weighted by Crippen LogP contribution is -2.18. The van der Waals surface area contributed by atoms with E-state index < -0.39 is 0 Å². The number of carbonyl (C=O) groups is 2. The zero-order valence-corrected chi connectivity index (χ0v) is 17.7. The molecular weight excluding hydrogens is 424 g/mol. The Morgan fingerprint density at radius 1 is 1.23 bits per heavy atom. The molecule has 0 aliphatic carbocycles. The minimum absolute atomic E-state index is 0.0167. The number of hydrogen-bond donors (Lipinski definition) is 4. The van der Waals surface area contributed by atoms with Gasteiger partial charge in [0.2, 0.25) is 11.9 Å². The molecule has 0 saturated carbocycles. The first-order valence-electron chi connectivity index (χ1n) is 9.32. The maximum atomic E-state index is 12.0. The van der Waals surface area contributed by atoms with Crippen molar-refractivity contribution in [3.05, 3.63) is 52.0 Å². The average Bonchev–Trinajstić information content (AvgIpc) is 3.11. The number of fused-ring (bicyclic) bond motifs is 1. The van der Waals surface area contributed by atoms with Crippen molar-refractivity contribution in [2.75, 3.05) is 23.0 Å². The van der Waals surface area contributed by atoms with Gasteiger partial charge in [-0.2, -0.15) is 4.98 Å². The average molecular weight is 443 g/mol. The Kier molecular flexibility index (Phi) is 5.82. The van der Waals surface area contributed by atoms with E-state index in [1.807, 2.05) is 23.6 Å². The molecule has 0 saturated heterocycles. The molecule has 0 spiro atoms. The highest BCUT2D eigenvalue weighted by molar-refractivity contribution is 7.14. The number of rotatable bonds is 5. The summed E-state index contributed by atoms with van der Waals surface area (Å²) in [6.07, 6.45) is 3.70. The third-order valence-electron chi connectivity index (χ3n) is 4.60. The van der Waals surface area contributed by atoms with Gasteiger partial charge in [0.1, 0.15) is 10.0 Å². The molecule has 2 amide bonds. The molecule has 0 fully saturated rings. The van der Waals surface area contributed by atoms with E-state index in [2.05, 4.69) is 31.2 Å². The molecule has 154 valence electrons. The van der Waals surface area contributed by atoms with Crippen LogP contribution in [0.3, 0.4) is 0 Å². The summed E-state index contributed by atoms with van der Waals surface area (Å²) in [5, 5.41) is 14.5. The van der Waals surface area contributed by atoms with Crippen molar-refractivity contribution in [3.63, 3.8) is 0 Å². The molecule has 1 aliphatic rings. The SMILES string of the molecule is CNC(=O)c1ccsc1Nc1nc(Nc2ccc3c(c2)NC(=O)CCC3)ncc1Cl. The van der Waals surface area contributed by atoms with Crippen LogP contribution in [0.4, 0.5) is 28.1 Å². The van der Waals surface area contributed by atoms with Crippen molar-refractivity contribution in [3.8, 4) is 0 Å². The third-order valence-corrected chi connectivity index (χ3v) is 5.71. The number of thiophene rings is 1. The number of aryl methyl sites for hydroxylation is 1. The molecular formula is C20H19ClN6O2S. The van der Waals surface area contributed by atoms with E-state index in [4.69, 9.17) is 11.6 Å². The fourth-order valence-electron chi connectivity index (χ4n) is 3.11. The minimum atomic E-state index is -0.200. The number of hydrogen-bond acceptors (Lipinski definition) is 7. The largest absolute Gasteiger partial charge is 0.355 e. The second-order valence-corrected chi connectivity index (χ2v) is 7.98. The molecule has 1 aliphatic heterocycles. The highest BCUT2D eigenvalue weighted by Gasteiger charge is 2.16. The number of amides is 2. The Bertz CT molecular complexity index is 1120. The van der Waals surface area contributed by atoms with Gasteiger partial charge in [0.25, 0.3) is 5.91 Å². The lowest BCUT2D eigenvalue weighted by molar-refractivity contribution is -0.116. The first-order chi connectivity index (χ1) is 14.5. The number of halogens is 1. The predicted octanol–water partition coefficient (Wildman–Crippen LogP) is 4.31. The highest BCUT2D eigenvalue weighted by atomic mass is 35.5. The zero-order chi connectivity index (χ0) is 21.1. The standard InChI is InChI=1S/C20H19ClN6O2S/c1-22-18(29)13-7-8-30-19(13)26-17-14(21)10-23-20(27-17)24-12-6-5-11-3-2-4-16(28)25-15(11)9-12/h5-10H,2-4H2,1H3,(H,22,29)(H,25,28)(H2,23,24,26,27). The summed E-state index contributed by atoms with van der Waals surface area (Å²) in [5.41, 5.74) is 3.15. The molecule has 3 aromatic rings. The summed E-state index contributed by atoms with van der Waals surface area (Å²) in [6.45, 7) is 0. The summed E-state index contributed by atoms with van der Waals surface area (Å²) in [7, 11) is 1.58. The summed E-state index contributed by atoms with van der Waals surface area (Å²) in [4.78, 5) is 32.5. The molecule has 30 heavy (non-hydrogen) atoms.